The molecular formula is C18H18N6O. The van der Waals surface area contributed by atoms with Crippen molar-refractivity contribution in [2.24, 2.45) is 0 Å². The predicted octanol–water partition coefficient (Wildman–Crippen LogP) is 2.34. The summed E-state index contributed by atoms with van der Waals surface area (Å²) in [5.41, 5.74) is 1.26. The van der Waals surface area contributed by atoms with Gasteiger partial charge in [0.15, 0.2) is 0 Å². The van der Waals surface area contributed by atoms with E-state index < -0.39 is 0 Å². The molecule has 1 saturated heterocycles. The van der Waals surface area contributed by atoms with Gasteiger partial charge in [-0.1, -0.05) is 6.07 Å². The number of aromatic nitrogens is 5. The van der Waals surface area contributed by atoms with Crippen molar-refractivity contribution in [2.75, 3.05) is 6.54 Å². The molecule has 0 bridgehead atoms. The van der Waals surface area contributed by atoms with Crippen LogP contribution in [0.3, 0.4) is 0 Å². The Bertz CT molecular complexity index is 891. The molecule has 0 spiro atoms. The third-order valence-electron chi connectivity index (χ3n) is 4.47. The largest absolute Gasteiger partial charge is 0.329 e. The molecule has 0 saturated carbocycles. The second-order valence-electron chi connectivity index (χ2n) is 6.01. The minimum atomic E-state index is -0.0957. The second-order valence-corrected chi connectivity index (χ2v) is 6.01. The van der Waals surface area contributed by atoms with E-state index in [1.807, 2.05) is 40.8 Å². The fraction of sp³-hybridized carbons (Fsp3) is 0.278. The Morgan fingerprint density at radius 2 is 2.12 bits per heavy atom. The van der Waals surface area contributed by atoms with Crippen molar-refractivity contribution in [2.45, 2.75) is 25.8 Å². The molecule has 7 heteroatoms. The van der Waals surface area contributed by atoms with Gasteiger partial charge in [0.2, 0.25) is 0 Å². The van der Waals surface area contributed by atoms with Crippen molar-refractivity contribution in [3.05, 3.63) is 66.4 Å². The number of amides is 1. The Balaban J connectivity index is 1.65. The summed E-state index contributed by atoms with van der Waals surface area (Å²) in [5, 5.41) is 0. The minimum absolute atomic E-state index is 0.0433. The number of aryl methyl sites for hydroxylation is 1. The van der Waals surface area contributed by atoms with Crippen LogP contribution >= 0.6 is 0 Å². The van der Waals surface area contributed by atoms with E-state index in [1.165, 1.54) is 6.20 Å². The topological polar surface area (TPSA) is 76.8 Å². The number of imidazole rings is 1. The zero-order valence-corrected chi connectivity index (χ0v) is 13.9. The molecule has 7 nitrogen and oxygen atoms in total. The van der Waals surface area contributed by atoms with E-state index >= 15 is 0 Å². The summed E-state index contributed by atoms with van der Waals surface area (Å²) in [6, 6.07) is 5.85. The van der Waals surface area contributed by atoms with Crippen molar-refractivity contribution in [1.29, 1.82) is 0 Å². The maximum atomic E-state index is 12.8. The summed E-state index contributed by atoms with van der Waals surface area (Å²) in [6.07, 6.45) is 10.1. The van der Waals surface area contributed by atoms with E-state index in [0.29, 0.717) is 12.2 Å². The number of rotatable bonds is 3. The lowest BCUT2D eigenvalue weighted by Gasteiger charge is -2.24. The molecule has 0 aliphatic carbocycles. The first-order valence-corrected chi connectivity index (χ1v) is 8.28. The van der Waals surface area contributed by atoms with Gasteiger partial charge < -0.3 is 4.90 Å². The summed E-state index contributed by atoms with van der Waals surface area (Å²) in [4.78, 5) is 31.8. The Morgan fingerprint density at radius 1 is 1.20 bits per heavy atom. The molecule has 0 N–H and O–H groups in total. The van der Waals surface area contributed by atoms with Crippen LogP contribution < -0.4 is 0 Å². The molecule has 0 radical (unpaired) electrons. The highest BCUT2D eigenvalue weighted by Gasteiger charge is 2.32. The van der Waals surface area contributed by atoms with E-state index in [-0.39, 0.29) is 11.9 Å². The summed E-state index contributed by atoms with van der Waals surface area (Å²) >= 11 is 0. The zero-order chi connectivity index (χ0) is 17.2. The molecule has 1 unspecified atom stereocenters. The molecule has 3 aromatic rings. The molecule has 1 aliphatic heterocycles. The minimum Gasteiger partial charge on any atom is -0.329 e. The Morgan fingerprint density at radius 3 is 2.88 bits per heavy atom. The van der Waals surface area contributed by atoms with Gasteiger partial charge in [-0.25, -0.2) is 15.0 Å². The maximum Gasteiger partial charge on any atom is 0.274 e. The van der Waals surface area contributed by atoms with Gasteiger partial charge in [-0.2, -0.15) is 0 Å². The average molecular weight is 334 g/mol. The van der Waals surface area contributed by atoms with Gasteiger partial charge in [-0.15, -0.1) is 0 Å². The average Bonchev–Trinajstić information content (AvgIpc) is 3.31. The van der Waals surface area contributed by atoms with E-state index in [2.05, 4.69) is 15.0 Å². The third-order valence-corrected chi connectivity index (χ3v) is 4.47. The summed E-state index contributed by atoms with van der Waals surface area (Å²) in [7, 11) is 0. The van der Waals surface area contributed by atoms with E-state index in [0.717, 1.165) is 30.2 Å². The quantitative estimate of drug-likeness (QED) is 0.735. The van der Waals surface area contributed by atoms with Crippen LogP contribution in [-0.2, 0) is 0 Å². The third kappa shape index (κ3) is 2.88. The number of likely N-dealkylation sites (tertiary alicyclic amines) is 1. The standard InChI is InChI=1S/C18H18N6O/c1-13-20-9-11-23(13)17-6-2-4-14(22-17)16-5-3-10-24(16)18(25)15-12-19-7-8-21-15/h2,4,6-9,11-12,16H,3,5,10H2,1H3. The summed E-state index contributed by atoms with van der Waals surface area (Å²) in [6.45, 7) is 2.64. The zero-order valence-electron chi connectivity index (χ0n) is 13.9. The smallest absolute Gasteiger partial charge is 0.274 e. The first kappa shape index (κ1) is 15.4. The number of carbonyl (C=O) groups is 1. The normalized spacial score (nSPS) is 17.0. The Kier molecular flexibility index (Phi) is 3.97. The number of pyridine rings is 1. The fourth-order valence-corrected chi connectivity index (χ4v) is 3.25. The monoisotopic (exact) mass is 334 g/mol. The van der Waals surface area contributed by atoms with E-state index in [4.69, 9.17) is 4.98 Å². The number of carbonyl (C=O) groups excluding carboxylic acids is 1. The van der Waals surface area contributed by atoms with Crippen molar-refractivity contribution >= 4 is 5.91 Å². The fourth-order valence-electron chi connectivity index (χ4n) is 3.25. The molecule has 1 atom stereocenters. The van der Waals surface area contributed by atoms with Gasteiger partial charge in [-0.05, 0) is 31.9 Å². The molecule has 1 amide bonds. The molecule has 25 heavy (non-hydrogen) atoms. The molecular weight excluding hydrogens is 316 g/mol. The van der Waals surface area contributed by atoms with Gasteiger partial charge in [-0.3, -0.25) is 14.3 Å². The van der Waals surface area contributed by atoms with E-state index in [9.17, 15) is 4.79 Å². The van der Waals surface area contributed by atoms with Crippen LogP contribution in [0.4, 0.5) is 0 Å². The van der Waals surface area contributed by atoms with Crippen molar-refractivity contribution in [3.63, 3.8) is 0 Å². The van der Waals surface area contributed by atoms with Crippen LogP contribution in [0.5, 0.6) is 0 Å². The molecule has 3 aromatic heterocycles. The Hall–Kier alpha value is -3.09. The van der Waals surface area contributed by atoms with Gasteiger partial charge >= 0.3 is 0 Å². The van der Waals surface area contributed by atoms with Crippen LogP contribution in [0.1, 0.15) is 40.9 Å². The predicted molar refractivity (Wildman–Crippen MR) is 91.1 cm³/mol. The van der Waals surface area contributed by atoms with Crippen molar-refractivity contribution in [3.8, 4) is 5.82 Å². The first-order chi connectivity index (χ1) is 12.2. The lowest BCUT2D eigenvalue weighted by atomic mass is 10.1. The molecule has 1 aliphatic rings. The van der Waals surface area contributed by atoms with Gasteiger partial charge in [0.25, 0.3) is 5.91 Å². The van der Waals surface area contributed by atoms with Crippen LogP contribution in [0.25, 0.3) is 5.82 Å². The Labute approximate surface area is 145 Å². The summed E-state index contributed by atoms with van der Waals surface area (Å²) < 4.78 is 1.94. The molecule has 4 rings (SSSR count). The number of hydrogen-bond donors (Lipinski definition) is 0. The lowest BCUT2D eigenvalue weighted by molar-refractivity contribution is 0.0726. The van der Waals surface area contributed by atoms with Gasteiger partial charge in [0, 0.05) is 31.3 Å². The van der Waals surface area contributed by atoms with Gasteiger partial charge in [0.1, 0.15) is 17.3 Å². The maximum absolute atomic E-state index is 12.8. The molecule has 1 fully saturated rings. The first-order valence-electron chi connectivity index (χ1n) is 8.28. The number of hydrogen-bond acceptors (Lipinski definition) is 5. The molecule has 4 heterocycles. The van der Waals surface area contributed by atoms with Crippen LogP contribution in [0.15, 0.2) is 49.2 Å². The number of nitrogens with zero attached hydrogens (tertiary/aromatic N) is 6. The van der Waals surface area contributed by atoms with Crippen molar-refractivity contribution < 1.29 is 4.79 Å². The highest BCUT2D eigenvalue weighted by Crippen LogP contribution is 2.32. The highest BCUT2D eigenvalue weighted by molar-refractivity contribution is 5.92. The van der Waals surface area contributed by atoms with Crippen LogP contribution in [0, 0.1) is 6.92 Å². The van der Waals surface area contributed by atoms with Crippen molar-refractivity contribution in [1.82, 2.24) is 29.4 Å². The van der Waals surface area contributed by atoms with Gasteiger partial charge in [0.05, 0.1) is 17.9 Å². The summed E-state index contributed by atoms with van der Waals surface area (Å²) in [5.74, 6) is 1.59. The molecule has 0 aromatic carbocycles. The van der Waals surface area contributed by atoms with E-state index in [1.54, 1.807) is 18.6 Å². The highest BCUT2D eigenvalue weighted by atomic mass is 16.2. The van der Waals surface area contributed by atoms with Crippen LogP contribution in [-0.4, -0.2) is 41.9 Å². The second kappa shape index (κ2) is 6.43. The lowest BCUT2D eigenvalue weighted by Crippen LogP contribution is -2.31. The molecule has 126 valence electrons. The van der Waals surface area contributed by atoms with Crippen LogP contribution in [0.2, 0.25) is 0 Å². The SMILES string of the molecule is Cc1nccn1-c1cccc(C2CCCN2C(=O)c2cnccn2)n1.